The topological polar surface area (TPSA) is 60.1 Å². The molecule has 0 atom stereocenters. The largest absolute Gasteiger partial charge is 0.345 e. The van der Waals surface area contributed by atoms with Crippen LogP contribution in [-0.4, -0.2) is 38.2 Å². The standard InChI is InChI=1S/C24H28N4O2/c1-26-24(30)28(19-9-3-4-10-19)22(25-26)18-13-15-27(16-14-18)23(29)21-12-6-8-17-7-2-5-11-20(17)21/h2,5-8,11-12,18-19H,3-4,9-10,13-16H2,1H3. The summed E-state index contributed by atoms with van der Waals surface area (Å²) < 4.78 is 3.45. The lowest BCUT2D eigenvalue weighted by Gasteiger charge is -2.32. The van der Waals surface area contributed by atoms with Crippen molar-refractivity contribution in [1.82, 2.24) is 19.2 Å². The van der Waals surface area contributed by atoms with Crippen LogP contribution < -0.4 is 5.69 Å². The molecule has 2 fully saturated rings. The molecular formula is C24H28N4O2. The molecule has 1 aliphatic carbocycles. The summed E-state index contributed by atoms with van der Waals surface area (Å²) in [6.45, 7) is 1.39. The van der Waals surface area contributed by atoms with Gasteiger partial charge in [0.2, 0.25) is 0 Å². The molecule has 1 saturated carbocycles. The molecule has 156 valence electrons. The van der Waals surface area contributed by atoms with E-state index in [0.29, 0.717) is 13.1 Å². The summed E-state index contributed by atoms with van der Waals surface area (Å²) >= 11 is 0. The zero-order valence-electron chi connectivity index (χ0n) is 17.5. The minimum Gasteiger partial charge on any atom is -0.339 e. The first kappa shape index (κ1) is 19.1. The molecule has 1 amide bonds. The Hall–Kier alpha value is -2.89. The zero-order chi connectivity index (χ0) is 20.7. The first-order chi connectivity index (χ1) is 14.6. The van der Waals surface area contributed by atoms with Crippen LogP contribution in [0.1, 0.15) is 66.7 Å². The molecule has 6 nitrogen and oxygen atoms in total. The van der Waals surface area contributed by atoms with E-state index < -0.39 is 0 Å². The first-order valence-corrected chi connectivity index (χ1v) is 11.1. The Morgan fingerprint density at radius 1 is 0.967 bits per heavy atom. The van der Waals surface area contributed by atoms with Gasteiger partial charge in [-0.25, -0.2) is 9.48 Å². The van der Waals surface area contributed by atoms with Gasteiger partial charge in [0.05, 0.1) is 0 Å². The van der Waals surface area contributed by atoms with E-state index in [1.54, 1.807) is 7.05 Å². The van der Waals surface area contributed by atoms with Crippen molar-refractivity contribution in [1.29, 1.82) is 0 Å². The van der Waals surface area contributed by atoms with Gasteiger partial charge in [-0.3, -0.25) is 9.36 Å². The van der Waals surface area contributed by atoms with E-state index in [9.17, 15) is 9.59 Å². The smallest absolute Gasteiger partial charge is 0.339 e. The van der Waals surface area contributed by atoms with Crippen LogP contribution in [0.25, 0.3) is 10.8 Å². The van der Waals surface area contributed by atoms with Gasteiger partial charge in [0.1, 0.15) is 5.82 Å². The quantitative estimate of drug-likeness (QED) is 0.666. The molecule has 2 heterocycles. The summed E-state index contributed by atoms with van der Waals surface area (Å²) in [5.41, 5.74) is 0.776. The Kier molecular flexibility index (Phi) is 4.93. The molecule has 2 aliphatic rings. The van der Waals surface area contributed by atoms with Crippen molar-refractivity contribution in [3.05, 3.63) is 64.3 Å². The first-order valence-electron chi connectivity index (χ1n) is 11.1. The second-order valence-electron chi connectivity index (χ2n) is 8.67. The number of benzene rings is 2. The number of likely N-dealkylation sites (tertiary alicyclic amines) is 1. The fourth-order valence-corrected chi connectivity index (χ4v) is 5.21. The van der Waals surface area contributed by atoms with Gasteiger partial charge in [-0.2, -0.15) is 5.10 Å². The number of rotatable bonds is 3. The van der Waals surface area contributed by atoms with Crippen molar-refractivity contribution in [2.45, 2.75) is 50.5 Å². The summed E-state index contributed by atoms with van der Waals surface area (Å²) in [5, 5.41) is 6.71. The molecule has 0 spiro atoms. The van der Waals surface area contributed by atoms with Crippen LogP contribution in [0, 0.1) is 0 Å². The summed E-state index contributed by atoms with van der Waals surface area (Å²) in [6, 6.07) is 14.3. The Balaban J connectivity index is 1.35. The van der Waals surface area contributed by atoms with Gasteiger partial charge in [-0.15, -0.1) is 0 Å². The Morgan fingerprint density at radius 3 is 2.43 bits per heavy atom. The molecular weight excluding hydrogens is 376 g/mol. The summed E-state index contributed by atoms with van der Waals surface area (Å²) in [7, 11) is 1.75. The Morgan fingerprint density at radius 2 is 1.67 bits per heavy atom. The number of hydrogen-bond donors (Lipinski definition) is 0. The van der Waals surface area contributed by atoms with Crippen molar-refractivity contribution in [2.75, 3.05) is 13.1 Å². The number of aryl methyl sites for hydroxylation is 1. The van der Waals surface area contributed by atoms with Crippen molar-refractivity contribution >= 4 is 16.7 Å². The highest BCUT2D eigenvalue weighted by Gasteiger charge is 2.31. The Bertz CT molecular complexity index is 1130. The van der Waals surface area contributed by atoms with Crippen molar-refractivity contribution in [2.24, 2.45) is 7.05 Å². The third-order valence-corrected chi connectivity index (χ3v) is 6.84. The van der Waals surface area contributed by atoms with Crippen LogP contribution in [0.5, 0.6) is 0 Å². The number of nitrogens with zero attached hydrogens (tertiary/aromatic N) is 4. The van der Waals surface area contributed by atoms with E-state index in [1.165, 1.54) is 17.5 Å². The maximum Gasteiger partial charge on any atom is 0.345 e. The molecule has 2 aromatic carbocycles. The zero-order valence-corrected chi connectivity index (χ0v) is 17.5. The number of carbonyl (C=O) groups excluding carboxylic acids is 1. The average Bonchev–Trinajstić information content (AvgIpc) is 3.41. The molecule has 0 bridgehead atoms. The van der Waals surface area contributed by atoms with Gasteiger partial charge in [0.15, 0.2) is 0 Å². The van der Waals surface area contributed by atoms with E-state index in [2.05, 4.69) is 5.10 Å². The minimum absolute atomic E-state index is 0.00570. The normalized spacial score (nSPS) is 18.4. The molecule has 0 radical (unpaired) electrons. The van der Waals surface area contributed by atoms with Gasteiger partial charge in [-0.1, -0.05) is 49.2 Å². The second-order valence-corrected chi connectivity index (χ2v) is 8.67. The van der Waals surface area contributed by atoms with Gasteiger partial charge in [0.25, 0.3) is 5.91 Å². The molecule has 1 saturated heterocycles. The van der Waals surface area contributed by atoms with Crippen molar-refractivity contribution in [3.8, 4) is 0 Å². The fraction of sp³-hybridized carbons (Fsp3) is 0.458. The van der Waals surface area contributed by atoms with Gasteiger partial charge in [0, 0.05) is 37.7 Å². The lowest BCUT2D eigenvalue weighted by molar-refractivity contribution is 0.0711. The van der Waals surface area contributed by atoms with Crippen molar-refractivity contribution < 1.29 is 4.79 Å². The molecule has 0 unspecified atom stereocenters. The highest BCUT2D eigenvalue weighted by Crippen LogP contribution is 2.34. The van der Waals surface area contributed by atoms with Crippen LogP contribution in [0.15, 0.2) is 47.3 Å². The lowest BCUT2D eigenvalue weighted by Crippen LogP contribution is -2.39. The molecule has 1 aliphatic heterocycles. The number of aromatic nitrogens is 3. The molecule has 3 aromatic rings. The summed E-state index contributed by atoms with van der Waals surface area (Å²) in [5.74, 6) is 1.25. The number of hydrogen-bond acceptors (Lipinski definition) is 3. The van der Waals surface area contributed by atoms with Crippen LogP contribution in [0.3, 0.4) is 0 Å². The van der Waals surface area contributed by atoms with E-state index in [1.807, 2.05) is 51.9 Å². The SMILES string of the molecule is Cn1nc(C2CCN(C(=O)c3cccc4ccccc34)CC2)n(C2CCCC2)c1=O. The second kappa shape index (κ2) is 7.74. The Labute approximate surface area is 176 Å². The monoisotopic (exact) mass is 404 g/mol. The number of carbonyl (C=O) groups is 1. The average molecular weight is 405 g/mol. The lowest BCUT2D eigenvalue weighted by atomic mass is 9.94. The number of fused-ring (bicyclic) bond motifs is 1. The molecule has 6 heteroatoms. The van der Waals surface area contributed by atoms with Gasteiger partial charge in [-0.05, 0) is 42.5 Å². The highest BCUT2D eigenvalue weighted by atomic mass is 16.2. The fourth-order valence-electron chi connectivity index (χ4n) is 5.21. The predicted octanol–water partition coefficient (Wildman–Crippen LogP) is 3.87. The third kappa shape index (κ3) is 3.24. The van der Waals surface area contributed by atoms with E-state index in [0.717, 1.165) is 47.8 Å². The predicted molar refractivity (Wildman–Crippen MR) is 117 cm³/mol. The molecule has 1 aromatic heterocycles. The maximum absolute atomic E-state index is 13.2. The maximum atomic E-state index is 13.2. The highest BCUT2D eigenvalue weighted by molar-refractivity contribution is 6.07. The summed E-state index contributed by atoms with van der Waals surface area (Å²) in [4.78, 5) is 27.9. The third-order valence-electron chi connectivity index (χ3n) is 6.84. The summed E-state index contributed by atoms with van der Waals surface area (Å²) in [6.07, 6.45) is 6.19. The molecule has 5 rings (SSSR count). The van der Waals surface area contributed by atoms with E-state index >= 15 is 0 Å². The van der Waals surface area contributed by atoms with Crippen LogP contribution >= 0.6 is 0 Å². The van der Waals surface area contributed by atoms with E-state index in [-0.39, 0.29) is 23.6 Å². The van der Waals surface area contributed by atoms with Crippen LogP contribution in [0.4, 0.5) is 0 Å². The number of amides is 1. The molecule has 30 heavy (non-hydrogen) atoms. The van der Waals surface area contributed by atoms with E-state index in [4.69, 9.17) is 0 Å². The van der Waals surface area contributed by atoms with Crippen LogP contribution in [0.2, 0.25) is 0 Å². The minimum atomic E-state index is 0.00570. The van der Waals surface area contributed by atoms with Crippen molar-refractivity contribution in [3.63, 3.8) is 0 Å². The molecule has 0 N–H and O–H groups in total. The van der Waals surface area contributed by atoms with Gasteiger partial charge >= 0.3 is 5.69 Å². The number of piperidine rings is 1. The van der Waals surface area contributed by atoms with Gasteiger partial charge < -0.3 is 4.90 Å². The van der Waals surface area contributed by atoms with Crippen LogP contribution in [-0.2, 0) is 7.05 Å².